The first kappa shape index (κ1) is 10.6. The monoisotopic (exact) mass is 211 g/mol. The molecule has 1 aliphatic carbocycles. The zero-order valence-electron chi connectivity index (χ0n) is 8.76. The SMILES string of the molecule is CC1(C(N)Cc2cc(F)ccc2F)CC1. The number of rotatable bonds is 3. The van der Waals surface area contributed by atoms with Crippen LogP contribution in [0.1, 0.15) is 25.3 Å². The van der Waals surface area contributed by atoms with Gasteiger partial charge < -0.3 is 5.73 Å². The zero-order valence-corrected chi connectivity index (χ0v) is 8.76. The highest BCUT2D eigenvalue weighted by molar-refractivity contribution is 5.21. The molecule has 0 aliphatic heterocycles. The number of benzene rings is 1. The highest BCUT2D eigenvalue weighted by atomic mass is 19.1. The number of hydrogen-bond acceptors (Lipinski definition) is 1. The van der Waals surface area contributed by atoms with Gasteiger partial charge in [-0.1, -0.05) is 6.92 Å². The van der Waals surface area contributed by atoms with Crippen molar-refractivity contribution >= 4 is 0 Å². The van der Waals surface area contributed by atoms with Crippen LogP contribution < -0.4 is 5.73 Å². The average Bonchev–Trinajstić information content (AvgIpc) is 2.91. The molecule has 1 atom stereocenters. The Morgan fingerprint density at radius 1 is 1.40 bits per heavy atom. The van der Waals surface area contributed by atoms with Crippen molar-refractivity contribution < 1.29 is 8.78 Å². The van der Waals surface area contributed by atoms with Crippen LogP contribution in [0.15, 0.2) is 18.2 Å². The van der Waals surface area contributed by atoms with Crippen LogP contribution in [0.25, 0.3) is 0 Å². The molecular weight excluding hydrogens is 196 g/mol. The Bertz CT molecular complexity index is 372. The molecule has 0 radical (unpaired) electrons. The van der Waals surface area contributed by atoms with Crippen LogP contribution in [-0.4, -0.2) is 6.04 Å². The highest BCUT2D eigenvalue weighted by Crippen LogP contribution is 2.48. The van der Waals surface area contributed by atoms with Crippen LogP contribution >= 0.6 is 0 Å². The minimum Gasteiger partial charge on any atom is -0.327 e. The Morgan fingerprint density at radius 2 is 2.07 bits per heavy atom. The first-order valence-corrected chi connectivity index (χ1v) is 5.21. The summed E-state index contributed by atoms with van der Waals surface area (Å²) in [5.74, 6) is -0.768. The largest absolute Gasteiger partial charge is 0.327 e. The molecule has 1 aromatic carbocycles. The molecule has 1 nitrogen and oxygen atoms in total. The Hall–Kier alpha value is -0.960. The molecule has 1 fully saturated rings. The van der Waals surface area contributed by atoms with Crippen LogP contribution in [0.5, 0.6) is 0 Å². The van der Waals surface area contributed by atoms with Crippen molar-refractivity contribution in [1.82, 2.24) is 0 Å². The lowest BCUT2D eigenvalue weighted by atomic mass is 9.93. The highest BCUT2D eigenvalue weighted by Gasteiger charge is 2.42. The smallest absolute Gasteiger partial charge is 0.126 e. The molecule has 2 rings (SSSR count). The molecule has 82 valence electrons. The summed E-state index contributed by atoms with van der Waals surface area (Å²) in [6, 6.07) is 3.45. The maximum atomic E-state index is 13.3. The van der Waals surface area contributed by atoms with Crippen LogP contribution in [0.3, 0.4) is 0 Å². The molecule has 0 heterocycles. The first-order chi connectivity index (χ1) is 7.01. The normalized spacial score (nSPS) is 20.0. The quantitative estimate of drug-likeness (QED) is 0.817. The molecule has 1 aliphatic rings. The van der Waals surface area contributed by atoms with Gasteiger partial charge in [-0.15, -0.1) is 0 Å². The Balaban J connectivity index is 2.13. The molecule has 0 saturated heterocycles. The third-order valence-corrected chi connectivity index (χ3v) is 3.38. The summed E-state index contributed by atoms with van der Waals surface area (Å²) in [5.41, 5.74) is 6.50. The molecular formula is C12H15F2N. The Kier molecular flexibility index (Phi) is 2.51. The fourth-order valence-electron chi connectivity index (χ4n) is 1.75. The van der Waals surface area contributed by atoms with E-state index in [2.05, 4.69) is 6.92 Å². The molecule has 0 bridgehead atoms. The fourth-order valence-corrected chi connectivity index (χ4v) is 1.75. The summed E-state index contributed by atoms with van der Waals surface area (Å²) >= 11 is 0. The first-order valence-electron chi connectivity index (χ1n) is 5.21. The van der Waals surface area contributed by atoms with E-state index in [0.29, 0.717) is 12.0 Å². The van der Waals surface area contributed by atoms with Crippen LogP contribution in [0, 0.1) is 17.0 Å². The molecule has 1 unspecified atom stereocenters. The number of halogens is 2. The van der Waals surface area contributed by atoms with Crippen LogP contribution in [0.2, 0.25) is 0 Å². The lowest BCUT2D eigenvalue weighted by molar-refractivity contribution is 0.425. The van der Waals surface area contributed by atoms with Crippen LogP contribution in [0.4, 0.5) is 8.78 Å². The van der Waals surface area contributed by atoms with Crippen molar-refractivity contribution in [2.45, 2.75) is 32.2 Å². The maximum Gasteiger partial charge on any atom is 0.126 e. The second kappa shape index (κ2) is 3.56. The Morgan fingerprint density at radius 3 is 2.67 bits per heavy atom. The van der Waals surface area contributed by atoms with Gasteiger partial charge in [0.15, 0.2) is 0 Å². The van der Waals surface area contributed by atoms with Crippen molar-refractivity contribution in [3.05, 3.63) is 35.4 Å². The van der Waals surface area contributed by atoms with Gasteiger partial charge in [0.1, 0.15) is 11.6 Å². The van der Waals surface area contributed by atoms with Gasteiger partial charge in [-0.25, -0.2) is 8.78 Å². The number of hydrogen-bond donors (Lipinski definition) is 1. The van der Waals surface area contributed by atoms with Crippen LogP contribution in [-0.2, 0) is 6.42 Å². The van der Waals surface area contributed by atoms with Gasteiger partial charge in [0.2, 0.25) is 0 Å². The summed E-state index contributed by atoms with van der Waals surface area (Å²) in [6.07, 6.45) is 2.59. The standard InChI is InChI=1S/C12H15F2N/c1-12(4-5-12)11(15)7-8-6-9(13)2-3-10(8)14/h2-3,6,11H,4-5,7,15H2,1H3. The van der Waals surface area contributed by atoms with Crippen molar-refractivity contribution in [3.8, 4) is 0 Å². The predicted molar refractivity (Wildman–Crippen MR) is 55.4 cm³/mol. The summed E-state index contributed by atoms with van der Waals surface area (Å²) < 4.78 is 26.2. The van der Waals surface area contributed by atoms with Gasteiger partial charge in [0.05, 0.1) is 0 Å². The summed E-state index contributed by atoms with van der Waals surface area (Å²) in [6.45, 7) is 2.09. The summed E-state index contributed by atoms with van der Waals surface area (Å²) in [7, 11) is 0. The third-order valence-electron chi connectivity index (χ3n) is 3.38. The van der Waals surface area contributed by atoms with E-state index in [0.717, 1.165) is 25.0 Å². The molecule has 0 aromatic heterocycles. The number of nitrogens with two attached hydrogens (primary N) is 1. The molecule has 0 spiro atoms. The van der Waals surface area contributed by atoms with Crippen molar-refractivity contribution in [2.24, 2.45) is 11.1 Å². The maximum absolute atomic E-state index is 13.3. The summed E-state index contributed by atoms with van der Waals surface area (Å²) in [4.78, 5) is 0. The zero-order chi connectivity index (χ0) is 11.1. The summed E-state index contributed by atoms with van der Waals surface area (Å²) in [5, 5.41) is 0. The minimum absolute atomic E-state index is 0.0752. The lowest BCUT2D eigenvalue weighted by Gasteiger charge is -2.18. The van der Waals surface area contributed by atoms with E-state index in [1.54, 1.807) is 0 Å². The van der Waals surface area contributed by atoms with E-state index >= 15 is 0 Å². The van der Waals surface area contributed by atoms with Crippen molar-refractivity contribution in [3.63, 3.8) is 0 Å². The minimum atomic E-state index is -0.403. The van der Waals surface area contributed by atoms with Gasteiger partial charge in [0, 0.05) is 6.04 Å². The topological polar surface area (TPSA) is 26.0 Å². The van der Waals surface area contributed by atoms with Crippen molar-refractivity contribution in [1.29, 1.82) is 0 Å². The predicted octanol–water partition coefficient (Wildman–Crippen LogP) is 2.63. The van der Waals surface area contributed by atoms with Gasteiger partial charge in [-0.2, -0.15) is 0 Å². The molecule has 3 heteroatoms. The lowest BCUT2D eigenvalue weighted by Crippen LogP contribution is -2.32. The Labute approximate surface area is 88.3 Å². The molecule has 1 saturated carbocycles. The average molecular weight is 211 g/mol. The van der Waals surface area contributed by atoms with E-state index in [4.69, 9.17) is 5.73 Å². The molecule has 0 amide bonds. The van der Waals surface area contributed by atoms with E-state index in [-0.39, 0.29) is 17.3 Å². The third kappa shape index (κ3) is 2.17. The van der Waals surface area contributed by atoms with E-state index in [1.165, 1.54) is 6.07 Å². The molecule has 1 aromatic rings. The fraction of sp³-hybridized carbons (Fsp3) is 0.500. The van der Waals surface area contributed by atoms with Gasteiger partial charge >= 0.3 is 0 Å². The second-order valence-electron chi connectivity index (χ2n) is 4.70. The van der Waals surface area contributed by atoms with E-state index in [9.17, 15) is 8.78 Å². The van der Waals surface area contributed by atoms with E-state index in [1.807, 2.05) is 0 Å². The molecule has 2 N–H and O–H groups in total. The van der Waals surface area contributed by atoms with Gasteiger partial charge in [-0.3, -0.25) is 0 Å². The van der Waals surface area contributed by atoms with Crippen molar-refractivity contribution in [2.75, 3.05) is 0 Å². The van der Waals surface area contributed by atoms with E-state index < -0.39 is 5.82 Å². The van der Waals surface area contributed by atoms with Gasteiger partial charge in [-0.05, 0) is 48.4 Å². The second-order valence-corrected chi connectivity index (χ2v) is 4.70. The van der Waals surface area contributed by atoms with Gasteiger partial charge in [0.25, 0.3) is 0 Å². The molecule has 15 heavy (non-hydrogen) atoms.